The summed E-state index contributed by atoms with van der Waals surface area (Å²) in [5.41, 5.74) is 1.37. The number of rotatable bonds is 4. The summed E-state index contributed by atoms with van der Waals surface area (Å²) in [6.45, 7) is -0.160. The monoisotopic (exact) mass is 401 g/mol. The zero-order valence-electron chi connectivity index (χ0n) is 10.5. The van der Waals surface area contributed by atoms with Gasteiger partial charge in [0, 0.05) is 8.59 Å². The van der Waals surface area contributed by atoms with E-state index in [0.29, 0.717) is 10.6 Å². The number of halogens is 2. The molecule has 5 heteroatoms. The Morgan fingerprint density at radius 3 is 2.60 bits per heavy atom. The third-order valence-electron chi connectivity index (χ3n) is 2.86. The molecule has 1 atom stereocenters. The Morgan fingerprint density at radius 1 is 1.25 bits per heavy atom. The first-order chi connectivity index (χ1) is 9.61. The summed E-state index contributed by atoms with van der Waals surface area (Å²) < 4.78 is 0.814. The molecule has 0 aliphatic carbocycles. The predicted octanol–water partition coefficient (Wildman–Crippen LogP) is 3.41. The third kappa shape index (κ3) is 3.71. The number of hydrogen-bond donors (Lipinski definition) is 2. The molecule has 2 rings (SSSR count). The topological polar surface area (TPSA) is 49.3 Å². The van der Waals surface area contributed by atoms with E-state index in [4.69, 9.17) is 11.6 Å². The summed E-state index contributed by atoms with van der Waals surface area (Å²) in [6.07, 6.45) is 0. The van der Waals surface area contributed by atoms with Gasteiger partial charge in [0.2, 0.25) is 0 Å². The van der Waals surface area contributed by atoms with Crippen LogP contribution in [0.1, 0.15) is 22.0 Å². The van der Waals surface area contributed by atoms with Crippen LogP contribution >= 0.6 is 34.2 Å². The Kier molecular flexibility index (Phi) is 5.39. The molecule has 0 heterocycles. The van der Waals surface area contributed by atoms with Gasteiger partial charge in [-0.3, -0.25) is 4.79 Å². The lowest BCUT2D eigenvalue weighted by Gasteiger charge is -2.17. The molecule has 104 valence electrons. The van der Waals surface area contributed by atoms with Gasteiger partial charge in [-0.2, -0.15) is 0 Å². The minimum Gasteiger partial charge on any atom is -0.394 e. The zero-order valence-corrected chi connectivity index (χ0v) is 13.4. The van der Waals surface area contributed by atoms with Crippen molar-refractivity contribution in [2.75, 3.05) is 6.61 Å². The largest absolute Gasteiger partial charge is 0.394 e. The van der Waals surface area contributed by atoms with Crippen LogP contribution in [0.4, 0.5) is 0 Å². The van der Waals surface area contributed by atoms with Crippen molar-refractivity contribution < 1.29 is 9.90 Å². The van der Waals surface area contributed by atoms with Crippen molar-refractivity contribution >= 4 is 40.1 Å². The number of amides is 1. The van der Waals surface area contributed by atoms with Gasteiger partial charge in [-0.25, -0.2) is 0 Å². The van der Waals surface area contributed by atoms with Gasteiger partial charge in [-0.15, -0.1) is 0 Å². The van der Waals surface area contributed by atoms with Crippen molar-refractivity contribution in [1.29, 1.82) is 0 Å². The molecule has 0 saturated heterocycles. The van der Waals surface area contributed by atoms with Crippen molar-refractivity contribution in [1.82, 2.24) is 5.32 Å². The van der Waals surface area contributed by atoms with Crippen molar-refractivity contribution in [2.45, 2.75) is 6.04 Å². The van der Waals surface area contributed by atoms with Crippen LogP contribution in [0.15, 0.2) is 48.5 Å². The lowest BCUT2D eigenvalue weighted by Crippen LogP contribution is -2.31. The van der Waals surface area contributed by atoms with Gasteiger partial charge >= 0.3 is 0 Å². The van der Waals surface area contributed by atoms with Crippen LogP contribution in [-0.2, 0) is 0 Å². The quantitative estimate of drug-likeness (QED) is 0.772. The maximum Gasteiger partial charge on any atom is 0.252 e. The summed E-state index contributed by atoms with van der Waals surface area (Å²) in [4.78, 5) is 12.3. The van der Waals surface area contributed by atoms with Crippen LogP contribution in [0.2, 0.25) is 5.02 Å². The first-order valence-corrected chi connectivity index (χ1v) is 7.49. The van der Waals surface area contributed by atoms with E-state index >= 15 is 0 Å². The number of carbonyl (C=O) groups is 1. The van der Waals surface area contributed by atoms with Crippen LogP contribution in [0.25, 0.3) is 0 Å². The average molecular weight is 402 g/mol. The molecule has 0 aromatic heterocycles. The number of hydrogen-bond acceptors (Lipinski definition) is 2. The van der Waals surface area contributed by atoms with Gasteiger partial charge < -0.3 is 10.4 Å². The molecule has 2 aromatic carbocycles. The minimum atomic E-state index is -0.432. The van der Waals surface area contributed by atoms with Crippen LogP contribution < -0.4 is 5.32 Å². The van der Waals surface area contributed by atoms with Gasteiger partial charge in [0.1, 0.15) is 0 Å². The second-order valence-corrected chi connectivity index (χ2v) is 5.84. The van der Waals surface area contributed by atoms with E-state index in [1.165, 1.54) is 0 Å². The number of aliphatic hydroxyl groups excluding tert-OH is 1. The summed E-state index contributed by atoms with van der Waals surface area (Å²) in [6, 6.07) is 14.1. The van der Waals surface area contributed by atoms with E-state index in [-0.39, 0.29) is 12.5 Å². The molecule has 1 unspecified atom stereocenters. The lowest BCUT2D eigenvalue weighted by atomic mass is 10.1. The molecule has 0 aliphatic heterocycles. The molecule has 0 fully saturated rings. The first-order valence-electron chi connectivity index (χ1n) is 6.03. The minimum absolute atomic E-state index is 0.160. The summed E-state index contributed by atoms with van der Waals surface area (Å²) in [5, 5.41) is 12.8. The standard InChI is InChI=1S/C15H13ClINO2/c16-11-6-7-13(17)12(8-11)15(20)18-14(9-19)10-4-2-1-3-5-10/h1-8,14,19H,9H2,(H,18,20). The molecule has 0 radical (unpaired) electrons. The maximum atomic E-state index is 12.3. The summed E-state index contributed by atoms with van der Waals surface area (Å²) in [5.74, 6) is -0.250. The second-order valence-electron chi connectivity index (χ2n) is 4.24. The fourth-order valence-electron chi connectivity index (χ4n) is 1.83. The SMILES string of the molecule is O=C(NC(CO)c1ccccc1)c1cc(Cl)ccc1I. The van der Waals surface area contributed by atoms with E-state index in [1.807, 2.05) is 30.3 Å². The highest BCUT2D eigenvalue weighted by Gasteiger charge is 2.16. The zero-order chi connectivity index (χ0) is 14.5. The van der Waals surface area contributed by atoms with Crippen LogP contribution in [-0.4, -0.2) is 17.6 Å². The Bertz CT molecular complexity index is 604. The normalized spacial score (nSPS) is 11.9. The average Bonchev–Trinajstić information content (AvgIpc) is 2.48. The molecule has 0 aliphatic rings. The molecule has 2 N–H and O–H groups in total. The van der Waals surface area contributed by atoms with E-state index in [2.05, 4.69) is 27.9 Å². The fourth-order valence-corrected chi connectivity index (χ4v) is 2.58. The molecule has 0 spiro atoms. The number of nitrogens with one attached hydrogen (secondary N) is 1. The first kappa shape index (κ1) is 15.3. The fraction of sp³-hybridized carbons (Fsp3) is 0.133. The Labute approximate surface area is 136 Å². The van der Waals surface area contributed by atoms with Crippen molar-refractivity contribution in [3.63, 3.8) is 0 Å². The maximum absolute atomic E-state index is 12.3. The molecule has 2 aromatic rings. The second kappa shape index (κ2) is 7.06. The molecule has 3 nitrogen and oxygen atoms in total. The van der Waals surface area contributed by atoms with Crippen LogP contribution in [0.3, 0.4) is 0 Å². The van der Waals surface area contributed by atoms with E-state index in [9.17, 15) is 9.90 Å². The van der Waals surface area contributed by atoms with Gasteiger partial charge in [-0.1, -0.05) is 41.9 Å². The highest BCUT2D eigenvalue weighted by Crippen LogP contribution is 2.19. The van der Waals surface area contributed by atoms with Gasteiger partial charge in [0.15, 0.2) is 0 Å². The van der Waals surface area contributed by atoms with Gasteiger partial charge in [0.05, 0.1) is 18.2 Å². The number of carbonyl (C=O) groups excluding carboxylic acids is 1. The highest BCUT2D eigenvalue weighted by molar-refractivity contribution is 14.1. The molecule has 0 saturated carbocycles. The van der Waals surface area contributed by atoms with Gasteiger partial charge in [-0.05, 0) is 46.4 Å². The van der Waals surface area contributed by atoms with E-state index in [1.54, 1.807) is 18.2 Å². The van der Waals surface area contributed by atoms with E-state index in [0.717, 1.165) is 9.13 Å². The smallest absolute Gasteiger partial charge is 0.252 e. The number of aliphatic hydroxyl groups is 1. The summed E-state index contributed by atoms with van der Waals surface area (Å²) in [7, 11) is 0. The third-order valence-corrected chi connectivity index (χ3v) is 4.04. The van der Waals surface area contributed by atoms with Gasteiger partial charge in [0.25, 0.3) is 5.91 Å². The van der Waals surface area contributed by atoms with Crippen molar-refractivity contribution in [3.8, 4) is 0 Å². The summed E-state index contributed by atoms with van der Waals surface area (Å²) >= 11 is 8.00. The van der Waals surface area contributed by atoms with Crippen molar-refractivity contribution in [3.05, 3.63) is 68.3 Å². The molecular formula is C15H13ClINO2. The molecule has 1 amide bonds. The van der Waals surface area contributed by atoms with E-state index < -0.39 is 6.04 Å². The highest BCUT2D eigenvalue weighted by atomic mass is 127. The number of benzene rings is 2. The predicted molar refractivity (Wildman–Crippen MR) is 87.9 cm³/mol. The Balaban J connectivity index is 2.20. The Hall–Kier alpha value is -1.11. The van der Waals surface area contributed by atoms with Crippen LogP contribution in [0.5, 0.6) is 0 Å². The Morgan fingerprint density at radius 2 is 1.95 bits per heavy atom. The van der Waals surface area contributed by atoms with Crippen LogP contribution in [0, 0.1) is 3.57 Å². The molecule has 20 heavy (non-hydrogen) atoms. The molecule has 0 bridgehead atoms. The molecular weight excluding hydrogens is 389 g/mol. The van der Waals surface area contributed by atoms with Crippen molar-refractivity contribution in [2.24, 2.45) is 0 Å². The lowest BCUT2D eigenvalue weighted by molar-refractivity contribution is 0.0915.